The van der Waals surface area contributed by atoms with E-state index in [0.717, 1.165) is 25.5 Å². The fraction of sp³-hybridized carbons (Fsp3) is 0.444. The number of aldehydes is 1. The summed E-state index contributed by atoms with van der Waals surface area (Å²) < 4.78 is 4.83. The van der Waals surface area contributed by atoms with E-state index in [1.54, 1.807) is 0 Å². The molecule has 0 heterocycles. The normalized spacial score (nSPS) is 28.4. The van der Waals surface area contributed by atoms with Gasteiger partial charge in [-0.1, -0.05) is 18.6 Å². The zero-order chi connectivity index (χ0) is 18.1. The summed E-state index contributed by atoms with van der Waals surface area (Å²) in [6, 6.07) is 5.74. The van der Waals surface area contributed by atoms with Crippen molar-refractivity contribution in [1.82, 2.24) is 0 Å². The van der Waals surface area contributed by atoms with Crippen molar-refractivity contribution in [3.8, 4) is 0 Å². The Labute approximate surface area is 144 Å². The number of methoxy groups -OCH3 is 1. The van der Waals surface area contributed by atoms with Crippen LogP contribution in [-0.4, -0.2) is 29.4 Å². The zero-order valence-electron chi connectivity index (χ0n) is 13.8. The predicted molar refractivity (Wildman–Crippen MR) is 87.9 cm³/mol. The monoisotopic (exact) mass is 345 g/mol. The van der Waals surface area contributed by atoms with Crippen molar-refractivity contribution >= 4 is 17.9 Å². The molecule has 1 saturated carbocycles. The number of nitro groups is 1. The molecule has 2 aliphatic rings. The van der Waals surface area contributed by atoms with E-state index in [-0.39, 0.29) is 28.9 Å². The summed E-state index contributed by atoms with van der Waals surface area (Å²) in [5.41, 5.74) is 0.602. The van der Waals surface area contributed by atoms with Crippen LogP contribution in [0.2, 0.25) is 0 Å². The van der Waals surface area contributed by atoms with Gasteiger partial charge in [0.1, 0.15) is 12.0 Å². The Morgan fingerprint density at radius 2 is 2.00 bits per heavy atom. The highest BCUT2D eigenvalue weighted by Gasteiger charge is 2.49. The summed E-state index contributed by atoms with van der Waals surface area (Å²) in [6.07, 6.45) is 3.25. The number of carbonyl (C=O) groups is 2. The Morgan fingerprint density at radius 3 is 2.56 bits per heavy atom. The Morgan fingerprint density at radius 1 is 1.32 bits per heavy atom. The number of nitro benzene ring substituents is 1. The molecule has 0 bridgehead atoms. The van der Waals surface area contributed by atoms with E-state index in [2.05, 4.69) is 0 Å². The summed E-state index contributed by atoms with van der Waals surface area (Å²) in [5, 5.41) is 21.5. The molecule has 1 aromatic rings. The SMILES string of the molecule is COC(=O)C1=C(O)[C@H]2CCC[C@H]2[C@H](C=O)[C@H]1c1ccc([N+](=O)[O-])cc1. The smallest absolute Gasteiger partial charge is 0.337 e. The standard InChI is InChI=1S/C18H19NO6/c1-25-18(22)16-15(10-5-7-11(8-6-10)19(23)24)14(9-20)12-3-2-4-13(12)17(16)21/h5-9,12-15,21H,2-4H2,1H3/t12-,13+,14+,15-/m1/s1. The molecule has 0 amide bonds. The molecule has 132 valence electrons. The van der Waals surface area contributed by atoms with Gasteiger partial charge in [0.25, 0.3) is 5.69 Å². The lowest BCUT2D eigenvalue weighted by Crippen LogP contribution is -2.37. The minimum absolute atomic E-state index is 0.00389. The van der Waals surface area contributed by atoms with Gasteiger partial charge in [0, 0.05) is 29.9 Å². The average molecular weight is 345 g/mol. The van der Waals surface area contributed by atoms with Gasteiger partial charge in [-0.2, -0.15) is 0 Å². The Kier molecular flexibility index (Phi) is 4.57. The third-order valence-electron chi connectivity index (χ3n) is 5.41. The molecule has 2 aliphatic carbocycles. The molecule has 1 N–H and O–H groups in total. The van der Waals surface area contributed by atoms with Crippen molar-refractivity contribution < 1.29 is 24.4 Å². The van der Waals surface area contributed by atoms with Gasteiger partial charge in [-0.25, -0.2) is 4.79 Å². The first-order valence-corrected chi connectivity index (χ1v) is 8.20. The number of benzene rings is 1. The number of ether oxygens (including phenoxy) is 1. The molecule has 0 saturated heterocycles. The van der Waals surface area contributed by atoms with Gasteiger partial charge in [-0.15, -0.1) is 0 Å². The lowest BCUT2D eigenvalue weighted by Gasteiger charge is -2.38. The third kappa shape index (κ3) is 2.79. The number of carbonyl (C=O) groups excluding carboxylic acids is 2. The highest BCUT2D eigenvalue weighted by Crippen LogP contribution is 2.52. The van der Waals surface area contributed by atoms with E-state index in [1.807, 2.05) is 0 Å². The van der Waals surface area contributed by atoms with Crippen LogP contribution in [0, 0.1) is 27.9 Å². The van der Waals surface area contributed by atoms with Crippen LogP contribution in [0.1, 0.15) is 30.7 Å². The molecule has 1 fully saturated rings. The second kappa shape index (κ2) is 6.66. The number of aliphatic hydroxyl groups excluding tert-OH is 1. The summed E-state index contributed by atoms with van der Waals surface area (Å²) in [6.45, 7) is 0. The Balaban J connectivity index is 2.13. The predicted octanol–water partition coefficient (Wildman–Crippen LogP) is 2.91. The lowest BCUT2D eigenvalue weighted by molar-refractivity contribution is -0.384. The first-order chi connectivity index (χ1) is 12.0. The number of allylic oxidation sites excluding steroid dienone is 1. The van der Waals surface area contributed by atoms with E-state index in [0.29, 0.717) is 5.56 Å². The summed E-state index contributed by atoms with van der Waals surface area (Å²) in [7, 11) is 1.23. The Bertz CT molecular complexity index is 738. The van der Waals surface area contributed by atoms with E-state index < -0.39 is 22.7 Å². The van der Waals surface area contributed by atoms with Crippen molar-refractivity contribution in [2.45, 2.75) is 25.2 Å². The molecular formula is C18H19NO6. The molecular weight excluding hydrogens is 326 g/mol. The minimum atomic E-state index is -0.668. The number of hydrogen-bond donors (Lipinski definition) is 1. The maximum absolute atomic E-state index is 12.3. The van der Waals surface area contributed by atoms with Crippen molar-refractivity contribution in [3.63, 3.8) is 0 Å². The van der Waals surface area contributed by atoms with E-state index in [9.17, 15) is 24.8 Å². The topological polar surface area (TPSA) is 107 Å². The molecule has 0 radical (unpaired) electrons. The van der Waals surface area contributed by atoms with E-state index in [4.69, 9.17) is 4.74 Å². The maximum Gasteiger partial charge on any atom is 0.337 e. The van der Waals surface area contributed by atoms with Crippen LogP contribution >= 0.6 is 0 Å². The summed E-state index contributed by atoms with van der Waals surface area (Å²) >= 11 is 0. The van der Waals surface area contributed by atoms with Gasteiger partial charge >= 0.3 is 5.97 Å². The van der Waals surface area contributed by atoms with Gasteiger partial charge in [0.15, 0.2) is 0 Å². The molecule has 1 aromatic carbocycles. The fourth-order valence-corrected chi connectivity index (χ4v) is 4.30. The van der Waals surface area contributed by atoms with Crippen LogP contribution in [0.5, 0.6) is 0 Å². The number of non-ortho nitro benzene ring substituents is 1. The number of hydrogen-bond acceptors (Lipinski definition) is 6. The van der Waals surface area contributed by atoms with Crippen molar-refractivity contribution in [1.29, 1.82) is 0 Å². The van der Waals surface area contributed by atoms with Crippen LogP contribution in [0.3, 0.4) is 0 Å². The highest BCUT2D eigenvalue weighted by molar-refractivity contribution is 5.92. The van der Waals surface area contributed by atoms with E-state index >= 15 is 0 Å². The second-order valence-electron chi connectivity index (χ2n) is 6.53. The second-order valence-corrected chi connectivity index (χ2v) is 6.53. The molecule has 0 aromatic heterocycles. The molecule has 7 nitrogen and oxygen atoms in total. The summed E-state index contributed by atoms with van der Waals surface area (Å²) in [4.78, 5) is 34.5. The van der Waals surface area contributed by atoms with Crippen LogP contribution in [0.25, 0.3) is 0 Å². The molecule has 3 rings (SSSR count). The van der Waals surface area contributed by atoms with Crippen molar-refractivity contribution in [2.75, 3.05) is 7.11 Å². The van der Waals surface area contributed by atoms with Crippen molar-refractivity contribution in [2.24, 2.45) is 17.8 Å². The van der Waals surface area contributed by atoms with Crippen LogP contribution in [0.4, 0.5) is 5.69 Å². The minimum Gasteiger partial charge on any atom is -0.511 e. The number of esters is 1. The number of rotatable bonds is 4. The largest absolute Gasteiger partial charge is 0.511 e. The van der Waals surface area contributed by atoms with Gasteiger partial charge in [-0.05, 0) is 24.3 Å². The highest BCUT2D eigenvalue weighted by atomic mass is 16.6. The van der Waals surface area contributed by atoms with Gasteiger partial charge in [-0.3, -0.25) is 10.1 Å². The summed E-state index contributed by atoms with van der Waals surface area (Å²) in [5.74, 6) is -2.05. The molecule has 0 spiro atoms. The lowest BCUT2D eigenvalue weighted by atomic mass is 9.65. The van der Waals surface area contributed by atoms with Crippen LogP contribution in [-0.2, 0) is 14.3 Å². The van der Waals surface area contributed by atoms with Crippen molar-refractivity contribution in [3.05, 3.63) is 51.3 Å². The molecule has 4 atom stereocenters. The number of aliphatic hydroxyl groups is 1. The van der Waals surface area contributed by atoms with Crippen LogP contribution < -0.4 is 0 Å². The first kappa shape index (κ1) is 17.1. The molecule has 0 unspecified atom stereocenters. The molecule has 25 heavy (non-hydrogen) atoms. The Hall–Kier alpha value is -2.70. The number of fused-ring (bicyclic) bond motifs is 1. The fourth-order valence-electron chi connectivity index (χ4n) is 4.30. The zero-order valence-corrected chi connectivity index (χ0v) is 13.8. The quantitative estimate of drug-likeness (QED) is 0.389. The molecule has 0 aliphatic heterocycles. The van der Waals surface area contributed by atoms with Gasteiger partial charge in [0.05, 0.1) is 17.6 Å². The average Bonchev–Trinajstić information content (AvgIpc) is 3.11. The third-order valence-corrected chi connectivity index (χ3v) is 5.41. The van der Waals surface area contributed by atoms with Crippen LogP contribution in [0.15, 0.2) is 35.6 Å². The van der Waals surface area contributed by atoms with Gasteiger partial charge in [0.2, 0.25) is 0 Å². The molecule has 7 heteroatoms. The first-order valence-electron chi connectivity index (χ1n) is 8.20. The van der Waals surface area contributed by atoms with E-state index in [1.165, 1.54) is 31.4 Å². The maximum atomic E-state index is 12.3. The van der Waals surface area contributed by atoms with Gasteiger partial charge < -0.3 is 14.6 Å². The number of nitrogens with zero attached hydrogens (tertiary/aromatic N) is 1.